The fraction of sp³-hybridized carbons (Fsp3) is 0.316. The summed E-state index contributed by atoms with van der Waals surface area (Å²) in [4.78, 5) is 1.56. The molecule has 1 atom stereocenters. The Morgan fingerprint density at radius 3 is 2.62 bits per heavy atom. The molecule has 1 aromatic carbocycles. The molecule has 2 N–H and O–H groups in total. The lowest BCUT2D eigenvalue weighted by Crippen LogP contribution is -2.63. The van der Waals surface area contributed by atoms with Gasteiger partial charge in [0.25, 0.3) is 0 Å². The van der Waals surface area contributed by atoms with Gasteiger partial charge in [0, 0.05) is 15.3 Å². The third-order valence-electron chi connectivity index (χ3n) is 5.20. The van der Waals surface area contributed by atoms with Gasteiger partial charge in [0.2, 0.25) is 12.3 Å². The predicted octanol–water partition coefficient (Wildman–Crippen LogP) is 4.11. The zero-order valence-corrected chi connectivity index (χ0v) is 18.4. The highest BCUT2D eigenvalue weighted by Crippen LogP contribution is 2.44. The Balaban J connectivity index is 1.74. The first-order chi connectivity index (χ1) is 13.5. The number of amidine groups is 1. The highest BCUT2D eigenvalue weighted by molar-refractivity contribution is 7.93. The second-order valence-corrected chi connectivity index (χ2v) is 11.7. The molecular formula is C19H19ClN4O3S2. The Morgan fingerprint density at radius 2 is 1.97 bits per heavy atom. The maximum atomic E-state index is 12.8. The van der Waals surface area contributed by atoms with Crippen molar-refractivity contribution >= 4 is 38.6 Å². The Hall–Kier alpha value is -2.23. The van der Waals surface area contributed by atoms with Gasteiger partial charge in [0.1, 0.15) is 10.6 Å². The monoisotopic (exact) mass is 450 g/mol. The summed E-state index contributed by atoms with van der Waals surface area (Å²) in [5.41, 5.74) is 0.700. The zero-order chi connectivity index (χ0) is 21.0. The summed E-state index contributed by atoms with van der Waals surface area (Å²) in [5, 5.41) is 19.4. The van der Waals surface area contributed by atoms with E-state index in [1.54, 1.807) is 20.8 Å². The number of nitrogens with zero attached hydrogens (tertiary/aromatic N) is 2. The van der Waals surface area contributed by atoms with Crippen molar-refractivity contribution in [3.05, 3.63) is 46.6 Å². The molecule has 0 bridgehead atoms. The Kier molecular flexibility index (Phi) is 4.60. The Bertz CT molecular complexity index is 1200. The first-order valence-electron chi connectivity index (χ1n) is 8.80. The summed E-state index contributed by atoms with van der Waals surface area (Å²) in [6.45, 7) is 4.86. The molecule has 1 aliphatic rings. The van der Waals surface area contributed by atoms with Crippen molar-refractivity contribution in [3.63, 3.8) is 0 Å². The second-order valence-electron chi connectivity index (χ2n) is 7.71. The van der Waals surface area contributed by atoms with E-state index in [0.717, 1.165) is 16.0 Å². The lowest BCUT2D eigenvalue weighted by Gasteiger charge is -2.42. The number of benzene rings is 1. The van der Waals surface area contributed by atoms with Gasteiger partial charge in [-0.05, 0) is 44.5 Å². The number of halogens is 1. The van der Waals surface area contributed by atoms with Crippen LogP contribution in [-0.2, 0) is 15.4 Å². The van der Waals surface area contributed by atoms with Gasteiger partial charge in [-0.1, -0.05) is 23.7 Å². The fourth-order valence-corrected chi connectivity index (χ4v) is 6.73. The minimum Gasteiger partial charge on any atom is -0.423 e. The molecule has 0 radical (unpaired) electrons. The lowest BCUT2D eigenvalue weighted by atomic mass is 10.00. The van der Waals surface area contributed by atoms with Crippen LogP contribution in [0.15, 0.2) is 41.1 Å². The standard InChI is InChI=1S/C19H19ClN4O3S2/c1-18(2)17(21)23-19(3,9-29(18,25)26)15-13(20)8-14(28-15)11-5-4-6-12(7-11)16-24-22-10-27-16/h4-8,10H,9H2,1-3H3,(H2,21,23)/t19-/m0/s1. The van der Waals surface area contributed by atoms with Gasteiger partial charge >= 0.3 is 0 Å². The highest BCUT2D eigenvalue weighted by Gasteiger charge is 2.51. The summed E-state index contributed by atoms with van der Waals surface area (Å²) in [5.74, 6) is 0.241. The average Bonchev–Trinajstić information content (AvgIpc) is 3.30. The van der Waals surface area contributed by atoms with E-state index in [-0.39, 0.29) is 11.6 Å². The van der Waals surface area contributed by atoms with E-state index in [2.05, 4.69) is 15.5 Å². The van der Waals surface area contributed by atoms with Gasteiger partial charge in [-0.3, -0.25) is 5.41 Å². The normalized spacial score (nSPS) is 23.0. The van der Waals surface area contributed by atoms with Crippen LogP contribution in [0.1, 0.15) is 25.6 Å². The molecule has 1 aliphatic heterocycles. The second kappa shape index (κ2) is 6.65. The largest absolute Gasteiger partial charge is 0.423 e. The Morgan fingerprint density at radius 1 is 1.24 bits per heavy atom. The minimum atomic E-state index is -3.54. The summed E-state index contributed by atoms with van der Waals surface area (Å²) >= 11 is 7.94. The molecule has 0 spiro atoms. The molecule has 3 aromatic rings. The molecule has 0 aliphatic carbocycles. The van der Waals surface area contributed by atoms with Gasteiger partial charge in [-0.25, -0.2) is 8.42 Å². The number of thiophene rings is 1. The van der Waals surface area contributed by atoms with Gasteiger partial charge in [-0.2, -0.15) is 0 Å². The molecule has 7 nitrogen and oxygen atoms in total. The first-order valence-corrected chi connectivity index (χ1v) is 11.6. The molecule has 0 unspecified atom stereocenters. The third kappa shape index (κ3) is 3.27. The molecule has 0 saturated carbocycles. The molecule has 10 heteroatoms. The minimum absolute atomic E-state index is 0.0318. The van der Waals surface area contributed by atoms with Crippen molar-refractivity contribution in [1.82, 2.24) is 15.5 Å². The van der Waals surface area contributed by atoms with Gasteiger partial charge in [0.05, 0.1) is 16.3 Å². The summed E-state index contributed by atoms with van der Waals surface area (Å²) in [6.07, 6.45) is 1.27. The lowest BCUT2D eigenvalue weighted by molar-refractivity contribution is 0.450. The quantitative estimate of drug-likeness (QED) is 0.621. The maximum Gasteiger partial charge on any atom is 0.247 e. The van der Waals surface area contributed by atoms with E-state index in [1.165, 1.54) is 17.7 Å². The number of hydrogen-bond donors (Lipinski definition) is 2. The van der Waals surface area contributed by atoms with Crippen LogP contribution in [0, 0.1) is 5.41 Å². The molecule has 29 heavy (non-hydrogen) atoms. The molecule has 4 rings (SSSR count). The number of hydrogen-bond acceptors (Lipinski definition) is 7. The van der Waals surface area contributed by atoms with Crippen LogP contribution in [0.4, 0.5) is 0 Å². The smallest absolute Gasteiger partial charge is 0.247 e. The number of aromatic nitrogens is 2. The zero-order valence-electron chi connectivity index (χ0n) is 16.0. The molecule has 0 amide bonds. The van der Waals surface area contributed by atoms with Crippen molar-refractivity contribution in [2.45, 2.75) is 31.1 Å². The van der Waals surface area contributed by atoms with E-state index in [9.17, 15) is 8.42 Å². The molecule has 1 saturated heterocycles. The molecular weight excluding hydrogens is 432 g/mol. The van der Waals surface area contributed by atoms with Gasteiger partial charge in [0.15, 0.2) is 9.84 Å². The number of sulfone groups is 1. The van der Waals surface area contributed by atoms with Crippen molar-refractivity contribution in [2.24, 2.45) is 0 Å². The Labute approximate surface area is 177 Å². The molecule has 2 aromatic heterocycles. The van der Waals surface area contributed by atoms with E-state index >= 15 is 0 Å². The van der Waals surface area contributed by atoms with Crippen LogP contribution < -0.4 is 5.32 Å². The molecule has 3 heterocycles. The van der Waals surface area contributed by atoms with Crippen LogP contribution in [0.3, 0.4) is 0 Å². The summed E-state index contributed by atoms with van der Waals surface area (Å²) in [6, 6.07) is 9.41. The van der Waals surface area contributed by atoms with Crippen molar-refractivity contribution < 1.29 is 12.8 Å². The van der Waals surface area contributed by atoms with E-state index < -0.39 is 20.1 Å². The van der Waals surface area contributed by atoms with Crippen molar-refractivity contribution in [2.75, 3.05) is 5.75 Å². The van der Waals surface area contributed by atoms with Crippen molar-refractivity contribution in [1.29, 1.82) is 5.41 Å². The molecule has 152 valence electrons. The summed E-state index contributed by atoms with van der Waals surface area (Å²) < 4.78 is 29.7. The van der Waals surface area contributed by atoms with Crippen LogP contribution in [-0.4, -0.2) is 35.0 Å². The van der Waals surface area contributed by atoms with Crippen LogP contribution >= 0.6 is 22.9 Å². The van der Waals surface area contributed by atoms with E-state index in [0.29, 0.717) is 15.8 Å². The SMILES string of the molecule is CC1(C)C(=N)N[C@](C)(c2sc(-c3cccc(-c4nnco4)c3)cc2Cl)CS1(=O)=O. The van der Waals surface area contributed by atoms with Gasteiger partial charge in [-0.15, -0.1) is 21.5 Å². The van der Waals surface area contributed by atoms with E-state index in [4.69, 9.17) is 21.4 Å². The predicted molar refractivity (Wildman–Crippen MR) is 114 cm³/mol. The maximum absolute atomic E-state index is 12.8. The number of nitrogens with one attached hydrogen (secondary N) is 2. The number of rotatable bonds is 3. The average molecular weight is 451 g/mol. The van der Waals surface area contributed by atoms with E-state index in [1.807, 2.05) is 30.3 Å². The van der Waals surface area contributed by atoms with Gasteiger partial charge < -0.3 is 9.73 Å². The highest BCUT2D eigenvalue weighted by atomic mass is 35.5. The van der Waals surface area contributed by atoms with Crippen LogP contribution in [0.2, 0.25) is 5.02 Å². The topological polar surface area (TPSA) is 109 Å². The molecule has 1 fully saturated rings. The van der Waals surface area contributed by atoms with Crippen LogP contribution in [0.5, 0.6) is 0 Å². The summed E-state index contributed by atoms with van der Waals surface area (Å²) in [7, 11) is -3.54. The fourth-order valence-electron chi connectivity index (χ4n) is 3.29. The van der Waals surface area contributed by atoms with Crippen LogP contribution in [0.25, 0.3) is 21.9 Å². The third-order valence-corrected chi connectivity index (χ3v) is 9.78. The van der Waals surface area contributed by atoms with Crippen molar-refractivity contribution in [3.8, 4) is 21.9 Å². The first kappa shape index (κ1) is 20.1.